The Hall–Kier alpha value is -1.61. The molecular formula is C24H36N2O. The number of allylic oxidation sites excluding steroid dienone is 1. The second-order valence-corrected chi connectivity index (χ2v) is 9.74. The fourth-order valence-electron chi connectivity index (χ4n) is 3.96. The van der Waals surface area contributed by atoms with Crippen molar-refractivity contribution in [3.05, 3.63) is 47.0 Å². The van der Waals surface area contributed by atoms with Crippen LogP contribution >= 0.6 is 0 Å². The standard InChI is InChI=1S/C24H36N2O/c1-18(2)10-15-26-16-11-21(12-17-26)25-22(27)24(13-14-24)20-8-6-19(7-9-20)23(3,4)5/h6-10,21H,11-17H2,1-5H3,(H,25,27). The second kappa shape index (κ2) is 7.79. The van der Waals surface area contributed by atoms with Gasteiger partial charge in [-0.1, -0.05) is 56.7 Å². The van der Waals surface area contributed by atoms with E-state index in [4.69, 9.17) is 0 Å². The maximum absolute atomic E-state index is 13.0. The van der Waals surface area contributed by atoms with Crippen molar-refractivity contribution in [3.8, 4) is 0 Å². The van der Waals surface area contributed by atoms with Gasteiger partial charge in [-0.25, -0.2) is 0 Å². The zero-order chi connectivity index (χ0) is 19.7. The van der Waals surface area contributed by atoms with Crippen LogP contribution in [0.1, 0.15) is 71.4 Å². The predicted octanol–water partition coefficient (Wildman–Crippen LogP) is 4.56. The molecule has 1 saturated carbocycles. The summed E-state index contributed by atoms with van der Waals surface area (Å²) in [6.45, 7) is 14.2. The van der Waals surface area contributed by atoms with Crippen LogP contribution in [-0.4, -0.2) is 36.5 Å². The van der Waals surface area contributed by atoms with Crippen molar-refractivity contribution in [1.29, 1.82) is 0 Å². The molecule has 1 amide bonds. The first-order valence-corrected chi connectivity index (χ1v) is 10.5. The molecule has 2 fully saturated rings. The third-order valence-corrected chi connectivity index (χ3v) is 6.17. The van der Waals surface area contributed by atoms with Gasteiger partial charge < -0.3 is 5.32 Å². The van der Waals surface area contributed by atoms with Crippen molar-refractivity contribution in [2.75, 3.05) is 19.6 Å². The Balaban J connectivity index is 1.56. The number of nitrogens with one attached hydrogen (secondary N) is 1. The Labute approximate surface area is 165 Å². The highest BCUT2D eigenvalue weighted by Gasteiger charge is 2.51. The van der Waals surface area contributed by atoms with Crippen molar-refractivity contribution in [1.82, 2.24) is 10.2 Å². The smallest absolute Gasteiger partial charge is 0.230 e. The maximum Gasteiger partial charge on any atom is 0.230 e. The normalized spacial score (nSPS) is 20.2. The molecule has 0 radical (unpaired) electrons. The minimum Gasteiger partial charge on any atom is -0.353 e. The molecule has 3 heteroatoms. The van der Waals surface area contributed by atoms with Crippen molar-refractivity contribution in [3.63, 3.8) is 0 Å². The Morgan fingerprint density at radius 3 is 2.22 bits per heavy atom. The first-order chi connectivity index (χ1) is 12.7. The molecule has 1 aliphatic heterocycles. The molecule has 0 atom stereocenters. The topological polar surface area (TPSA) is 32.3 Å². The number of benzene rings is 1. The molecule has 148 valence electrons. The predicted molar refractivity (Wildman–Crippen MR) is 113 cm³/mol. The molecule has 2 aliphatic rings. The first kappa shape index (κ1) is 20.1. The van der Waals surface area contributed by atoms with E-state index in [0.717, 1.165) is 45.3 Å². The summed E-state index contributed by atoms with van der Waals surface area (Å²) in [5, 5.41) is 3.37. The maximum atomic E-state index is 13.0. The summed E-state index contributed by atoms with van der Waals surface area (Å²) in [6, 6.07) is 9.07. The number of piperidine rings is 1. The monoisotopic (exact) mass is 368 g/mol. The molecule has 1 saturated heterocycles. The number of carbonyl (C=O) groups is 1. The van der Waals surface area contributed by atoms with Crippen LogP contribution in [0.4, 0.5) is 0 Å². The number of nitrogens with zero attached hydrogens (tertiary/aromatic N) is 1. The number of likely N-dealkylation sites (tertiary alicyclic amines) is 1. The van der Waals surface area contributed by atoms with Crippen LogP contribution in [0.2, 0.25) is 0 Å². The molecule has 1 aliphatic carbocycles. The zero-order valence-corrected chi connectivity index (χ0v) is 17.8. The van der Waals surface area contributed by atoms with E-state index < -0.39 is 0 Å². The highest BCUT2D eigenvalue weighted by atomic mass is 16.2. The first-order valence-electron chi connectivity index (χ1n) is 10.5. The molecule has 1 N–H and O–H groups in total. The van der Waals surface area contributed by atoms with Crippen LogP contribution in [0.25, 0.3) is 0 Å². The number of amides is 1. The minimum absolute atomic E-state index is 0.150. The van der Waals surface area contributed by atoms with Crippen LogP contribution in [0.3, 0.4) is 0 Å². The summed E-state index contributed by atoms with van der Waals surface area (Å²) >= 11 is 0. The lowest BCUT2D eigenvalue weighted by molar-refractivity contribution is -0.124. The van der Waals surface area contributed by atoms with Gasteiger partial charge in [-0.3, -0.25) is 9.69 Å². The lowest BCUT2D eigenvalue weighted by atomic mass is 9.84. The van der Waals surface area contributed by atoms with E-state index in [1.54, 1.807) is 0 Å². The van der Waals surface area contributed by atoms with Crippen molar-refractivity contribution >= 4 is 5.91 Å². The van der Waals surface area contributed by atoms with Gasteiger partial charge in [-0.05, 0) is 56.1 Å². The van der Waals surface area contributed by atoms with Crippen molar-refractivity contribution in [2.24, 2.45) is 0 Å². The Bertz CT molecular complexity index is 680. The lowest BCUT2D eigenvalue weighted by Gasteiger charge is -2.32. The highest BCUT2D eigenvalue weighted by Crippen LogP contribution is 2.48. The highest BCUT2D eigenvalue weighted by molar-refractivity contribution is 5.91. The van der Waals surface area contributed by atoms with Gasteiger partial charge >= 0.3 is 0 Å². The van der Waals surface area contributed by atoms with Crippen LogP contribution < -0.4 is 5.32 Å². The molecule has 0 bridgehead atoms. The molecule has 0 spiro atoms. The summed E-state index contributed by atoms with van der Waals surface area (Å²) in [5.74, 6) is 0.244. The summed E-state index contributed by atoms with van der Waals surface area (Å²) in [6.07, 6.45) is 6.36. The van der Waals surface area contributed by atoms with Gasteiger partial charge in [0.25, 0.3) is 0 Å². The average molecular weight is 369 g/mol. The van der Waals surface area contributed by atoms with E-state index >= 15 is 0 Å². The Morgan fingerprint density at radius 2 is 1.74 bits per heavy atom. The van der Waals surface area contributed by atoms with E-state index in [9.17, 15) is 4.79 Å². The Kier molecular flexibility index (Phi) is 5.81. The van der Waals surface area contributed by atoms with Gasteiger partial charge in [-0.15, -0.1) is 0 Å². The van der Waals surface area contributed by atoms with Gasteiger partial charge in [0.1, 0.15) is 0 Å². The van der Waals surface area contributed by atoms with Crippen molar-refractivity contribution in [2.45, 2.75) is 77.2 Å². The molecule has 1 heterocycles. The zero-order valence-electron chi connectivity index (χ0n) is 17.8. The number of carbonyl (C=O) groups excluding carboxylic acids is 1. The number of rotatable bonds is 5. The molecule has 0 unspecified atom stereocenters. The van der Waals surface area contributed by atoms with Crippen LogP contribution in [0.15, 0.2) is 35.9 Å². The minimum atomic E-state index is -0.268. The van der Waals surface area contributed by atoms with Gasteiger partial charge in [0.15, 0.2) is 0 Å². The molecule has 27 heavy (non-hydrogen) atoms. The average Bonchev–Trinajstić information content (AvgIpc) is 3.42. The van der Waals surface area contributed by atoms with Crippen LogP contribution in [-0.2, 0) is 15.6 Å². The van der Waals surface area contributed by atoms with Gasteiger partial charge in [0.05, 0.1) is 5.41 Å². The van der Waals surface area contributed by atoms with E-state index in [1.165, 1.54) is 16.7 Å². The SMILES string of the molecule is CC(C)=CCN1CCC(NC(=O)C2(c3ccc(C(C)(C)C)cc3)CC2)CC1. The summed E-state index contributed by atoms with van der Waals surface area (Å²) in [7, 11) is 0. The summed E-state index contributed by atoms with van der Waals surface area (Å²) in [5.41, 5.74) is 3.77. The summed E-state index contributed by atoms with van der Waals surface area (Å²) < 4.78 is 0. The fourth-order valence-corrected chi connectivity index (χ4v) is 3.96. The van der Waals surface area contributed by atoms with E-state index in [0.29, 0.717) is 6.04 Å². The number of hydrogen-bond donors (Lipinski definition) is 1. The molecule has 0 aromatic heterocycles. The van der Waals surface area contributed by atoms with Gasteiger partial charge in [-0.2, -0.15) is 0 Å². The lowest BCUT2D eigenvalue weighted by Crippen LogP contribution is -2.47. The van der Waals surface area contributed by atoms with E-state index in [1.807, 2.05) is 0 Å². The Morgan fingerprint density at radius 1 is 1.15 bits per heavy atom. The molecule has 3 nitrogen and oxygen atoms in total. The van der Waals surface area contributed by atoms with Crippen LogP contribution in [0.5, 0.6) is 0 Å². The summed E-state index contributed by atoms with van der Waals surface area (Å²) in [4.78, 5) is 15.5. The largest absolute Gasteiger partial charge is 0.353 e. The molecule has 3 rings (SSSR count). The van der Waals surface area contributed by atoms with Crippen molar-refractivity contribution < 1.29 is 4.79 Å². The fraction of sp³-hybridized carbons (Fsp3) is 0.625. The quantitative estimate of drug-likeness (QED) is 0.773. The molecule has 1 aromatic carbocycles. The van der Waals surface area contributed by atoms with Crippen LogP contribution in [0, 0.1) is 0 Å². The van der Waals surface area contributed by atoms with Gasteiger partial charge in [0, 0.05) is 25.7 Å². The third-order valence-electron chi connectivity index (χ3n) is 6.17. The van der Waals surface area contributed by atoms with E-state index in [-0.39, 0.29) is 16.7 Å². The molecular weight excluding hydrogens is 332 g/mol. The van der Waals surface area contributed by atoms with E-state index in [2.05, 4.69) is 75.2 Å². The van der Waals surface area contributed by atoms with Gasteiger partial charge in [0.2, 0.25) is 5.91 Å². The third kappa shape index (κ3) is 4.82. The second-order valence-electron chi connectivity index (χ2n) is 9.74. The molecule has 1 aromatic rings. The number of hydrogen-bond acceptors (Lipinski definition) is 2.